The summed E-state index contributed by atoms with van der Waals surface area (Å²) >= 11 is 11.8. The first-order chi connectivity index (χ1) is 9.81. The number of anilines is 1. The fourth-order valence-electron chi connectivity index (χ4n) is 1.99. The molecule has 2 N–H and O–H groups in total. The highest BCUT2D eigenvalue weighted by atomic mass is 35.5. The van der Waals surface area contributed by atoms with Gasteiger partial charge in [-0.25, -0.2) is 0 Å². The fourth-order valence-corrected chi connectivity index (χ4v) is 2.33. The van der Waals surface area contributed by atoms with Crippen LogP contribution in [-0.4, -0.2) is 23.0 Å². The molecule has 2 rings (SSSR count). The van der Waals surface area contributed by atoms with Gasteiger partial charge in [0, 0.05) is 18.2 Å². The number of nitrogens with zero attached hydrogens (tertiary/aromatic N) is 2. The quantitative estimate of drug-likeness (QED) is 0.876. The Labute approximate surface area is 132 Å². The number of aryl methyl sites for hydroxylation is 2. The van der Waals surface area contributed by atoms with Gasteiger partial charge in [-0.3, -0.25) is 4.79 Å². The Bertz CT molecular complexity index is 655. The standard InChI is InChI=1S/C14H15Cl2N3O2/c1-7-10(8(2)21-18-7)6-19(3)14(20)9-4-11(15)13(16)12(17)5-9/h4-5H,6,17H2,1-3H3. The summed E-state index contributed by atoms with van der Waals surface area (Å²) in [5.41, 5.74) is 8.05. The van der Waals surface area contributed by atoms with Gasteiger partial charge in [0.25, 0.3) is 5.91 Å². The normalized spacial score (nSPS) is 10.7. The molecule has 1 amide bonds. The van der Waals surface area contributed by atoms with Crippen LogP contribution >= 0.6 is 23.2 Å². The Morgan fingerprint density at radius 2 is 2.05 bits per heavy atom. The van der Waals surface area contributed by atoms with Crippen LogP contribution in [0.3, 0.4) is 0 Å². The van der Waals surface area contributed by atoms with Crippen molar-refractivity contribution < 1.29 is 9.32 Å². The largest absolute Gasteiger partial charge is 0.397 e. The lowest BCUT2D eigenvalue weighted by atomic mass is 10.1. The summed E-state index contributed by atoms with van der Waals surface area (Å²) in [6, 6.07) is 3.02. The van der Waals surface area contributed by atoms with Crippen molar-refractivity contribution in [3.8, 4) is 0 Å². The third-order valence-electron chi connectivity index (χ3n) is 3.23. The highest BCUT2D eigenvalue weighted by Gasteiger charge is 2.18. The SMILES string of the molecule is Cc1noc(C)c1CN(C)C(=O)c1cc(N)c(Cl)c(Cl)c1. The molecule has 1 heterocycles. The molecule has 0 radical (unpaired) electrons. The van der Waals surface area contributed by atoms with E-state index in [1.54, 1.807) is 11.9 Å². The minimum absolute atomic E-state index is 0.208. The summed E-state index contributed by atoms with van der Waals surface area (Å²) in [7, 11) is 1.69. The van der Waals surface area contributed by atoms with E-state index in [9.17, 15) is 4.79 Å². The molecule has 7 heteroatoms. The van der Waals surface area contributed by atoms with Crippen LogP contribution in [0.1, 0.15) is 27.4 Å². The molecule has 0 unspecified atom stereocenters. The van der Waals surface area contributed by atoms with Crippen molar-refractivity contribution in [2.45, 2.75) is 20.4 Å². The average Bonchev–Trinajstić information content (AvgIpc) is 2.75. The molecule has 1 aromatic carbocycles. The molecule has 2 aromatic rings. The second-order valence-electron chi connectivity index (χ2n) is 4.83. The van der Waals surface area contributed by atoms with Gasteiger partial charge in [0.05, 0.1) is 28.0 Å². The number of hydrogen-bond donors (Lipinski definition) is 1. The number of benzene rings is 1. The summed E-state index contributed by atoms with van der Waals surface area (Å²) in [6.07, 6.45) is 0. The van der Waals surface area contributed by atoms with Crippen molar-refractivity contribution in [2.75, 3.05) is 12.8 Å². The van der Waals surface area contributed by atoms with Crippen molar-refractivity contribution in [3.05, 3.63) is 44.8 Å². The summed E-state index contributed by atoms with van der Waals surface area (Å²) < 4.78 is 5.09. The third kappa shape index (κ3) is 3.14. The van der Waals surface area contributed by atoms with Crippen LogP contribution in [0.4, 0.5) is 5.69 Å². The molecule has 0 aliphatic heterocycles. The van der Waals surface area contributed by atoms with E-state index >= 15 is 0 Å². The second-order valence-corrected chi connectivity index (χ2v) is 5.61. The molecule has 0 saturated carbocycles. The van der Waals surface area contributed by atoms with Crippen LogP contribution in [0.2, 0.25) is 10.0 Å². The Hall–Kier alpha value is -1.72. The molecule has 0 saturated heterocycles. The van der Waals surface area contributed by atoms with Gasteiger partial charge in [-0.05, 0) is 26.0 Å². The van der Waals surface area contributed by atoms with E-state index < -0.39 is 0 Å². The Morgan fingerprint density at radius 1 is 1.38 bits per heavy atom. The van der Waals surface area contributed by atoms with Gasteiger partial charge in [0.1, 0.15) is 5.76 Å². The number of aromatic nitrogens is 1. The average molecular weight is 328 g/mol. The van der Waals surface area contributed by atoms with E-state index in [0.29, 0.717) is 17.9 Å². The third-order valence-corrected chi connectivity index (χ3v) is 4.04. The maximum Gasteiger partial charge on any atom is 0.254 e. The van der Waals surface area contributed by atoms with Crippen LogP contribution in [0.5, 0.6) is 0 Å². The van der Waals surface area contributed by atoms with Gasteiger partial charge in [-0.15, -0.1) is 0 Å². The number of amides is 1. The molecule has 112 valence electrons. The number of hydrogen-bond acceptors (Lipinski definition) is 4. The Kier molecular flexibility index (Phi) is 4.44. The van der Waals surface area contributed by atoms with Crippen molar-refractivity contribution in [1.29, 1.82) is 0 Å². The van der Waals surface area contributed by atoms with Crippen LogP contribution < -0.4 is 5.73 Å². The maximum atomic E-state index is 12.4. The topological polar surface area (TPSA) is 72.4 Å². The van der Waals surface area contributed by atoms with E-state index in [4.69, 9.17) is 33.5 Å². The molecule has 0 aliphatic carbocycles. The maximum absolute atomic E-state index is 12.4. The fraction of sp³-hybridized carbons (Fsp3) is 0.286. The highest BCUT2D eigenvalue weighted by molar-refractivity contribution is 6.43. The van der Waals surface area contributed by atoms with Crippen molar-refractivity contribution >= 4 is 34.8 Å². The summed E-state index contributed by atoms with van der Waals surface area (Å²) in [4.78, 5) is 14.0. The number of halogens is 2. The lowest BCUT2D eigenvalue weighted by molar-refractivity contribution is 0.0784. The molecule has 0 fully saturated rings. The van der Waals surface area contributed by atoms with Crippen LogP contribution in [-0.2, 0) is 6.54 Å². The molecular weight excluding hydrogens is 313 g/mol. The summed E-state index contributed by atoms with van der Waals surface area (Å²) in [5, 5.41) is 4.38. The molecule has 0 bridgehead atoms. The van der Waals surface area contributed by atoms with Crippen molar-refractivity contribution in [3.63, 3.8) is 0 Å². The molecule has 0 aliphatic rings. The first-order valence-corrected chi connectivity index (χ1v) is 6.98. The van der Waals surface area contributed by atoms with E-state index in [-0.39, 0.29) is 21.6 Å². The van der Waals surface area contributed by atoms with Gasteiger partial charge >= 0.3 is 0 Å². The number of rotatable bonds is 3. The molecule has 0 atom stereocenters. The van der Waals surface area contributed by atoms with E-state index in [0.717, 1.165) is 11.3 Å². The molecule has 0 spiro atoms. The lowest BCUT2D eigenvalue weighted by Gasteiger charge is -2.17. The van der Waals surface area contributed by atoms with E-state index in [1.807, 2.05) is 13.8 Å². The number of nitrogen functional groups attached to an aromatic ring is 1. The van der Waals surface area contributed by atoms with Gasteiger partial charge in [-0.2, -0.15) is 0 Å². The Morgan fingerprint density at radius 3 is 2.57 bits per heavy atom. The smallest absolute Gasteiger partial charge is 0.254 e. The van der Waals surface area contributed by atoms with Crippen LogP contribution in [0.25, 0.3) is 0 Å². The van der Waals surface area contributed by atoms with Gasteiger partial charge in [0.2, 0.25) is 0 Å². The van der Waals surface area contributed by atoms with Gasteiger partial charge in [-0.1, -0.05) is 28.4 Å². The van der Waals surface area contributed by atoms with E-state index in [1.165, 1.54) is 12.1 Å². The summed E-state index contributed by atoms with van der Waals surface area (Å²) in [6.45, 7) is 4.03. The van der Waals surface area contributed by atoms with Crippen molar-refractivity contribution in [1.82, 2.24) is 10.1 Å². The number of nitrogens with two attached hydrogens (primary N) is 1. The molecular formula is C14H15Cl2N3O2. The monoisotopic (exact) mass is 327 g/mol. The number of carbonyl (C=O) groups excluding carboxylic acids is 1. The first-order valence-electron chi connectivity index (χ1n) is 6.23. The zero-order valence-corrected chi connectivity index (χ0v) is 13.4. The molecule has 1 aromatic heterocycles. The zero-order valence-electron chi connectivity index (χ0n) is 11.9. The predicted molar refractivity (Wildman–Crippen MR) is 82.6 cm³/mol. The zero-order chi connectivity index (χ0) is 15.7. The minimum atomic E-state index is -0.208. The Balaban J connectivity index is 2.24. The predicted octanol–water partition coefficient (Wildman–Crippen LogP) is 3.45. The lowest BCUT2D eigenvalue weighted by Crippen LogP contribution is -2.26. The van der Waals surface area contributed by atoms with Crippen molar-refractivity contribution in [2.24, 2.45) is 0 Å². The van der Waals surface area contributed by atoms with Crippen LogP contribution in [0.15, 0.2) is 16.7 Å². The van der Waals surface area contributed by atoms with Gasteiger partial charge in [0.15, 0.2) is 0 Å². The minimum Gasteiger partial charge on any atom is -0.397 e. The highest BCUT2D eigenvalue weighted by Crippen LogP contribution is 2.30. The molecule has 5 nitrogen and oxygen atoms in total. The molecule has 21 heavy (non-hydrogen) atoms. The van der Waals surface area contributed by atoms with Gasteiger partial charge < -0.3 is 15.2 Å². The first kappa shape index (κ1) is 15.7. The second kappa shape index (κ2) is 5.95. The number of carbonyl (C=O) groups is 1. The van der Waals surface area contributed by atoms with Crippen LogP contribution in [0, 0.1) is 13.8 Å². The summed E-state index contributed by atoms with van der Waals surface area (Å²) in [5.74, 6) is 0.487. The van der Waals surface area contributed by atoms with E-state index in [2.05, 4.69) is 5.16 Å².